The molecule has 0 saturated heterocycles. The van der Waals surface area contributed by atoms with E-state index in [1.54, 1.807) is 0 Å². The van der Waals surface area contributed by atoms with Crippen LogP contribution in [0.2, 0.25) is 5.02 Å². The zero-order valence-corrected chi connectivity index (χ0v) is 14.9. The Morgan fingerprint density at radius 3 is 2.32 bits per heavy atom. The average molecular weight is 388 g/mol. The molecule has 1 unspecified atom stereocenters. The minimum absolute atomic E-state index is 0.0116. The van der Waals surface area contributed by atoms with Crippen LogP contribution in [-0.2, 0) is 26.9 Å². The Kier molecular flexibility index (Phi) is 6.13. The molecular formula is C17H16ClF2NO3S. The lowest BCUT2D eigenvalue weighted by atomic mass is 10.2. The minimum Gasteiger partial charge on any atom is -0.351 e. The number of hydrogen-bond acceptors (Lipinski definition) is 3. The summed E-state index contributed by atoms with van der Waals surface area (Å²) < 4.78 is 50.6. The van der Waals surface area contributed by atoms with Crippen LogP contribution < -0.4 is 5.32 Å². The third-order valence-corrected chi connectivity index (χ3v) is 6.02. The summed E-state index contributed by atoms with van der Waals surface area (Å²) in [5, 5.41) is 1.18. The lowest BCUT2D eigenvalue weighted by molar-refractivity contribution is -0.120. The van der Waals surface area contributed by atoms with Crippen molar-refractivity contribution >= 4 is 27.3 Å². The van der Waals surface area contributed by atoms with Gasteiger partial charge in [-0.15, -0.1) is 0 Å². The highest BCUT2D eigenvalue weighted by Gasteiger charge is 2.28. The third-order valence-electron chi connectivity index (χ3n) is 3.66. The number of halogens is 3. The van der Waals surface area contributed by atoms with Gasteiger partial charge in [-0.1, -0.05) is 29.8 Å². The SMILES string of the molecule is CC(C(=O)NCc1ccc(F)cc1)S(=O)(=O)Cc1ccc(F)cc1Cl. The molecule has 0 aromatic heterocycles. The molecule has 0 spiro atoms. The maximum absolute atomic E-state index is 13.0. The maximum atomic E-state index is 13.0. The summed E-state index contributed by atoms with van der Waals surface area (Å²) in [6.45, 7) is 1.35. The zero-order valence-electron chi connectivity index (χ0n) is 13.3. The van der Waals surface area contributed by atoms with E-state index < -0.39 is 38.4 Å². The Morgan fingerprint density at radius 2 is 1.72 bits per heavy atom. The van der Waals surface area contributed by atoms with Crippen molar-refractivity contribution < 1.29 is 22.0 Å². The van der Waals surface area contributed by atoms with E-state index in [0.29, 0.717) is 5.56 Å². The molecule has 0 aliphatic carbocycles. The molecule has 134 valence electrons. The average Bonchev–Trinajstić information content (AvgIpc) is 2.56. The van der Waals surface area contributed by atoms with Crippen molar-refractivity contribution in [1.82, 2.24) is 5.32 Å². The zero-order chi connectivity index (χ0) is 18.6. The van der Waals surface area contributed by atoms with Crippen molar-refractivity contribution in [2.45, 2.75) is 24.5 Å². The quantitative estimate of drug-likeness (QED) is 0.827. The van der Waals surface area contributed by atoms with E-state index in [0.717, 1.165) is 12.1 Å². The number of hydrogen-bond donors (Lipinski definition) is 1. The van der Waals surface area contributed by atoms with Gasteiger partial charge in [-0.05, 0) is 42.3 Å². The molecule has 2 rings (SSSR count). The van der Waals surface area contributed by atoms with Crippen LogP contribution in [0.15, 0.2) is 42.5 Å². The summed E-state index contributed by atoms with van der Waals surface area (Å²) in [6.07, 6.45) is 0. The summed E-state index contributed by atoms with van der Waals surface area (Å²) in [5.74, 6) is -2.13. The lowest BCUT2D eigenvalue weighted by Gasteiger charge is -2.14. The fourth-order valence-corrected chi connectivity index (χ4v) is 3.74. The monoisotopic (exact) mass is 387 g/mol. The van der Waals surface area contributed by atoms with Gasteiger partial charge in [0.2, 0.25) is 5.91 Å². The van der Waals surface area contributed by atoms with Crippen molar-refractivity contribution in [1.29, 1.82) is 0 Å². The highest BCUT2D eigenvalue weighted by atomic mass is 35.5. The molecular weight excluding hydrogens is 372 g/mol. The summed E-state index contributed by atoms with van der Waals surface area (Å²) >= 11 is 5.84. The topological polar surface area (TPSA) is 63.2 Å². The van der Waals surface area contributed by atoms with Crippen LogP contribution in [0.5, 0.6) is 0 Å². The predicted octanol–water partition coefficient (Wildman–Crippen LogP) is 3.24. The van der Waals surface area contributed by atoms with E-state index in [-0.39, 0.29) is 17.1 Å². The number of carbonyl (C=O) groups excluding carboxylic acids is 1. The van der Waals surface area contributed by atoms with Gasteiger partial charge in [0.15, 0.2) is 9.84 Å². The third kappa shape index (κ3) is 5.24. The maximum Gasteiger partial charge on any atom is 0.238 e. The Morgan fingerprint density at radius 1 is 1.12 bits per heavy atom. The standard InChI is InChI=1S/C17H16ClF2NO3S/c1-11(17(22)21-9-12-2-5-14(19)6-3-12)25(23,24)10-13-4-7-15(20)8-16(13)18/h2-8,11H,9-10H2,1H3,(H,21,22). The second kappa shape index (κ2) is 7.93. The molecule has 0 radical (unpaired) electrons. The number of amides is 1. The fraction of sp³-hybridized carbons (Fsp3) is 0.235. The van der Waals surface area contributed by atoms with Gasteiger partial charge in [0.25, 0.3) is 0 Å². The second-order valence-corrected chi connectivity index (χ2v) is 8.26. The van der Waals surface area contributed by atoms with Crippen LogP contribution in [0.4, 0.5) is 8.78 Å². The summed E-state index contributed by atoms with van der Waals surface area (Å²) in [5.41, 5.74) is 0.863. The molecule has 25 heavy (non-hydrogen) atoms. The first-order chi connectivity index (χ1) is 11.7. The summed E-state index contributed by atoms with van der Waals surface area (Å²) in [6, 6.07) is 8.89. The summed E-state index contributed by atoms with van der Waals surface area (Å²) in [4.78, 5) is 12.1. The predicted molar refractivity (Wildman–Crippen MR) is 91.7 cm³/mol. The van der Waals surface area contributed by atoms with E-state index in [2.05, 4.69) is 5.32 Å². The first-order valence-electron chi connectivity index (χ1n) is 7.36. The van der Waals surface area contributed by atoms with Crippen molar-refractivity contribution in [2.24, 2.45) is 0 Å². The minimum atomic E-state index is -3.84. The molecule has 1 atom stereocenters. The Hall–Kier alpha value is -1.99. The molecule has 1 amide bonds. The molecule has 0 heterocycles. The number of carbonyl (C=O) groups is 1. The van der Waals surface area contributed by atoms with Crippen molar-refractivity contribution in [3.05, 3.63) is 70.2 Å². The van der Waals surface area contributed by atoms with E-state index in [9.17, 15) is 22.0 Å². The Labute approximate surface area is 149 Å². The first-order valence-corrected chi connectivity index (χ1v) is 9.46. The fourth-order valence-electron chi connectivity index (χ4n) is 2.08. The molecule has 0 saturated carbocycles. The van der Waals surface area contributed by atoms with Gasteiger partial charge in [-0.3, -0.25) is 4.79 Å². The molecule has 2 aromatic rings. The Bertz CT molecular complexity index is 870. The van der Waals surface area contributed by atoms with Gasteiger partial charge in [-0.25, -0.2) is 17.2 Å². The normalized spacial score (nSPS) is 12.6. The van der Waals surface area contributed by atoms with Crippen LogP contribution >= 0.6 is 11.6 Å². The van der Waals surface area contributed by atoms with Crippen molar-refractivity contribution in [3.63, 3.8) is 0 Å². The van der Waals surface area contributed by atoms with E-state index in [1.807, 2.05) is 0 Å². The molecule has 8 heteroatoms. The largest absolute Gasteiger partial charge is 0.351 e. The summed E-state index contributed by atoms with van der Waals surface area (Å²) in [7, 11) is -3.84. The van der Waals surface area contributed by atoms with Gasteiger partial charge in [0, 0.05) is 11.6 Å². The van der Waals surface area contributed by atoms with Crippen molar-refractivity contribution in [3.8, 4) is 0 Å². The molecule has 2 aromatic carbocycles. The highest BCUT2D eigenvalue weighted by molar-refractivity contribution is 7.92. The van der Waals surface area contributed by atoms with Gasteiger partial charge >= 0.3 is 0 Å². The number of nitrogens with one attached hydrogen (secondary N) is 1. The number of rotatable bonds is 6. The first kappa shape index (κ1) is 19.3. The van der Waals surface area contributed by atoms with Gasteiger partial charge in [0.05, 0.1) is 5.75 Å². The number of benzene rings is 2. The van der Waals surface area contributed by atoms with Gasteiger partial charge < -0.3 is 5.32 Å². The highest BCUT2D eigenvalue weighted by Crippen LogP contribution is 2.21. The molecule has 0 fully saturated rings. The van der Waals surface area contributed by atoms with Crippen LogP contribution in [0, 0.1) is 11.6 Å². The van der Waals surface area contributed by atoms with Crippen LogP contribution in [-0.4, -0.2) is 19.6 Å². The smallest absolute Gasteiger partial charge is 0.238 e. The molecule has 4 nitrogen and oxygen atoms in total. The van der Waals surface area contributed by atoms with Crippen LogP contribution in [0.25, 0.3) is 0 Å². The lowest BCUT2D eigenvalue weighted by Crippen LogP contribution is -2.38. The Balaban J connectivity index is 2.02. The molecule has 0 bridgehead atoms. The second-order valence-electron chi connectivity index (χ2n) is 5.53. The molecule has 0 aliphatic heterocycles. The van der Waals surface area contributed by atoms with E-state index >= 15 is 0 Å². The van der Waals surface area contributed by atoms with E-state index in [4.69, 9.17) is 11.6 Å². The van der Waals surface area contributed by atoms with Crippen molar-refractivity contribution in [2.75, 3.05) is 0 Å². The van der Waals surface area contributed by atoms with Gasteiger partial charge in [0.1, 0.15) is 16.9 Å². The van der Waals surface area contributed by atoms with Gasteiger partial charge in [-0.2, -0.15) is 0 Å². The van der Waals surface area contributed by atoms with Crippen LogP contribution in [0.1, 0.15) is 18.1 Å². The molecule has 1 N–H and O–H groups in total. The molecule has 0 aliphatic rings. The van der Waals surface area contributed by atoms with E-state index in [1.165, 1.54) is 37.3 Å². The van der Waals surface area contributed by atoms with Crippen LogP contribution in [0.3, 0.4) is 0 Å². The number of sulfone groups is 1.